The van der Waals surface area contributed by atoms with Crippen LogP contribution in [0.25, 0.3) is 0 Å². The van der Waals surface area contributed by atoms with E-state index < -0.39 is 0 Å². The van der Waals surface area contributed by atoms with Crippen LogP contribution in [-0.4, -0.2) is 15.0 Å². The number of para-hydroxylation sites is 1. The van der Waals surface area contributed by atoms with Crippen molar-refractivity contribution in [2.75, 3.05) is 4.90 Å². The topological polar surface area (TPSA) is 47.1 Å². The summed E-state index contributed by atoms with van der Waals surface area (Å²) < 4.78 is 2.06. The third-order valence-electron chi connectivity index (χ3n) is 3.77. The molecule has 1 aliphatic heterocycles. The van der Waals surface area contributed by atoms with Crippen LogP contribution in [0.5, 0.6) is 0 Å². The molecule has 1 unspecified atom stereocenters. The van der Waals surface area contributed by atoms with Crippen molar-refractivity contribution < 1.29 is 0 Å². The molecule has 0 fully saturated rings. The van der Waals surface area contributed by atoms with Gasteiger partial charge in [-0.3, -0.25) is 0 Å². The van der Waals surface area contributed by atoms with E-state index in [1.807, 2.05) is 12.5 Å². The van der Waals surface area contributed by atoms with E-state index in [9.17, 15) is 0 Å². The van der Waals surface area contributed by atoms with E-state index in [1.54, 1.807) is 18.0 Å². The maximum absolute atomic E-state index is 6.29. The molecule has 1 atom stereocenters. The molecule has 5 heteroatoms. The molecule has 0 spiro atoms. The van der Waals surface area contributed by atoms with Crippen LogP contribution < -0.4 is 10.6 Å². The van der Waals surface area contributed by atoms with Gasteiger partial charge in [-0.05, 0) is 29.8 Å². The average Bonchev–Trinajstić information content (AvgIpc) is 3.15. The zero-order chi connectivity index (χ0) is 14.9. The Morgan fingerprint density at radius 2 is 1.91 bits per heavy atom. The Hall–Kier alpha value is -2.24. The Kier molecular flexibility index (Phi) is 3.36. The second kappa shape index (κ2) is 5.51. The number of thioether (sulfide) groups is 1. The maximum Gasteiger partial charge on any atom is 0.134 e. The number of benzene rings is 2. The Morgan fingerprint density at radius 1 is 1.09 bits per heavy atom. The van der Waals surface area contributed by atoms with Gasteiger partial charge in [-0.2, -0.15) is 0 Å². The van der Waals surface area contributed by atoms with Crippen LogP contribution >= 0.6 is 11.8 Å². The molecule has 2 heterocycles. The van der Waals surface area contributed by atoms with Gasteiger partial charge >= 0.3 is 0 Å². The van der Waals surface area contributed by atoms with Crippen molar-refractivity contribution in [3.63, 3.8) is 0 Å². The first-order valence-corrected chi connectivity index (χ1v) is 8.04. The van der Waals surface area contributed by atoms with Gasteiger partial charge in [-0.1, -0.05) is 36.0 Å². The van der Waals surface area contributed by atoms with Crippen molar-refractivity contribution in [3.8, 4) is 0 Å². The van der Waals surface area contributed by atoms with E-state index >= 15 is 0 Å². The molecule has 0 radical (unpaired) electrons. The van der Waals surface area contributed by atoms with Crippen molar-refractivity contribution in [1.82, 2.24) is 9.55 Å². The summed E-state index contributed by atoms with van der Waals surface area (Å²) in [6.45, 7) is 0.831. The normalized spacial score (nSPS) is 16.8. The molecule has 3 aromatic rings. The van der Waals surface area contributed by atoms with Crippen LogP contribution in [0.2, 0.25) is 0 Å². The van der Waals surface area contributed by atoms with E-state index in [0.29, 0.717) is 0 Å². The lowest BCUT2D eigenvalue weighted by molar-refractivity contribution is 0.797. The Balaban J connectivity index is 1.61. The minimum atomic E-state index is -0.0723. The van der Waals surface area contributed by atoms with Crippen LogP contribution in [0.4, 0.5) is 11.4 Å². The number of anilines is 2. The predicted molar refractivity (Wildman–Crippen MR) is 90.2 cm³/mol. The molecule has 0 bridgehead atoms. The summed E-state index contributed by atoms with van der Waals surface area (Å²) in [6, 6.07) is 16.9. The van der Waals surface area contributed by atoms with Gasteiger partial charge in [0, 0.05) is 29.5 Å². The van der Waals surface area contributed by atoms with E-state index in [4.69, 9.17) is 5.73 Å². The molecule has 1 aromatic heterocycles. The third-order valence-corrected chi connectivity index (χ3v) is 4.82. The van der Waals surface area contributed by atoms with E-state index in [-0.39, 0.29) is 5.50 Å². The molecule has 0 saturated carbocycles. The predicted octanol–water partition coefficient (Wildman–Crippen LogP) is 3.42. The van der Waals surface area contributed by atoms with Gasteiger partial charge < -0.3 is 15.2 Å². The Bertz CT molecular complexity index is 768. The number of fused-ring (bicyclic) bond motifs is 1. The van der Waals surface area contributed by atoms with Crippen molar-refractivity contribution in [1.29, 1.82) is 0 Å². The quantitative estimate of drug-likeness (QED) is 0.805. The minimum absolute atomic E-state index is 0.0723. The number of imidazole rings is 1. The largest absolute Gasteiger partial charge is 0.333 e. The van der Waals surface area contributed by atoms with Crippen molar-refractivity contribution in [2.45, 2.75) is 16.9 Å². The number of nitrogens with two attached hydrogens (primary N) is 1. The number of hydrogen-bond donors (Lipinski definition) is 1. The highest BCUT2D eigenvalue weighted by Gasteiger charge is 2.27. The third kappa shape index (κ3) is 2.38. The van der Waals surface area contributed by atoms with Gasteiger partial charge in [0.15, 0.2) is 0 Å². The molecule has 0 amide bonds. The average molecular weight is 308 g/mol. The fraction of sp³-hybridized carbons (Fsp3) is 0.118. The summed E-state index contributed by atoms with van der Waals surface area (Å²) in [6.07, 6.45) is 5.60. The molecule has 2 aromatic carbocycles. The minimum Gasteiger partial charge on any atom is -0.333 e. The van der Waals surface area contributed by atoms with Gasteiger partial charge in [0.1, 0.15) is 5.50 Å². The van der Waals surface area contributed by atoms with Gasteiger partial charge in [0.05, 0.1) is 12.0 Å². The van der Waals surface area contributed by atoms with E-state index in [0.717, 1.165) is 12.2 Å². The molecular weight excluding hydrogens is 292 g/mol. The van der Waals surface area contributed by atoms with Crippen molar-refractivity contribution in [2.24, 2.45) is 5.73 Å². The van der Waals surface area contributed by atoms with Gasteiger partial charge in [-0.25, -0.2) is 4.98 Å². The first-order chi connectivity index (χ1) is 10.8. The summed E-state index contributed by atoms with van der Waals surface area (Å²) in [5.74, 6) is 0. The van der Waals surface area contributed by atoms with Crippen molar-refractivity contribution >= 4 is 23.1 Å². The van der Waals surface area contributed by atoms with E-state index in [1.165, 1.54) is 16.1 Å². The standard InChI is InChI=1S/C17H16N4S/c18-17-21(15-3-1-2-4-16(15)22-17)14-7-5-13(6-8-14)11-20-10-9-19-12-20/h1-10,12,17H,11,18H2. The van der Waals surface area contributed by atoms with Crippen LogP contribution in [0, 0.1) is 0 Å². The zero-order valence-electron chi connectivity index (χ0n) is 12.0. The Labute approximate surface area is 133 Å². The summed E-state index contributed by atoms with van der Waals surface area (Å²) in [5, 5.41) is 0. The molecule has 1 aliphatic rings. The Morgan fingerprint density at radius 3 is 2.68 bits per heavy atom. The number of hydrogen-bond acceptors (Lipinski definition) is 4. The molecule has 0 saturated heterocycles. The lowest BCUT2D eigenvalue weighted by atomic mass is 10.2. The fourth-order valence-corrected chi connectivity index (χ4v) is 3.76. The SMILES string of the molecule is NC1Sc2ccccc2N1c1ccc(Cn2ccnc2)cc1. The van der Waals surface area contributed by atoms with Crippen LogP contribution in [0.1, 0.15) is 5.56 Å². The second-order valence-electron chi connectivity index (χ2n) is 5.25. The first-order valence-electron chi connectivity index (χ1n) is 7.16. The number of aromatic nitrogens is 2. The summed E-state index contributed by atoms with van der Waals surface area (Å²) in [5.41, 5.74) is 9.77. The van der Waals surface area contributed by atoms with Crippen LogP contribution in [0.15, 0.2) is 72.1 Å². The van der Waals surface area contributed by atoms with Crippen LogP contribution in [-0.2, 0) is 6.54 Å². The lowest BCUT2D eigenvalue weighted by Gasteiger charge is -2.23. The van der Waals surface area contributed by atoms with Crippen molar-refractivity contribution in [3.05, 3.63) is 72.8 Å². The second-order valence-corrected chi connectivity index (χ2v) is 6.41. The molecule has 22 heavy (non-hydrogen) atoms. The number of rotatable bonds is 3. The van der Waals surface area contributed by atoms with Crippen LogP contribution in [0.3, 0.4) is 0 Å². The summed E-state index contributed by atoms with van der Waals surface area (Å²) in [7, 11) is 0. The fourth-order valence-electron chi connectivity index (χ4n) is 2.71. The molecular formula is C17H16N4S. The molecule has 110 valence electrons. The maximum atomic E-state index is 6.29. The molecule has 4 rings (SSSR count). The first kappa shape index (κ1) is 13.4. The lowest BCUT2D eigenvalue weighted by Crippen LogP contribution is -2.31. The summed E-state index contributed by atoms with van der Waals surface area (Å²) in [4.78, 5) is 7.48. The highest BCUT2D eigenvalue weighted by Crippen LogP contribution is 2.45. The molecule has 0 aliphatic carbocycles. The van der Waals surface area contributed by atoms with Gasteiger partial charge in [0.25, 0.3) is 0 Å². The monoisotopic (exact) mass is 308 g/mol. The number of nitrogens with zero attached hydrogens (tertiary/aromatic N) is 3. The summed E-state index contributed by atoms with van der Waals surface area (Å²) >= 11 is 1.69. The smallest absolute Gasteiger partial charge is 0.134 e. The zero-order valence-corrected chi connectivity index (χ0v) is 12.8. The van der Waals surface area contributed by atoms with Gasteiger partial charge in [-0.15, -0.1) is 0 Å². The molecule has 4 nitrogen and oxygen atoms in total. The highest BCUT2D eigenvalue weighted by molar-refractivity contribution is 8.00. The highest BCUT2D eigenvalue weighted by atomic mass is 32.2. The van der Waals surface area contributed by atoms with E-state index in [2.05, 4.69) is 63.0 Å². The molecule has 2 N–H and O–H groups in total. The van der Waals surface area contributed by atoms with Gasteiger partial charge in [0.2, 0.25) is 0 Å².